The Bertz CT molecular complexity index is 311. The van der Waals surface area contributed by atoms with Crippen LogP contribution in [0.4, 0.5) is 0 Å². The van der Waals surface area contributed by atoms with Crippen LogP contribution < -0.4 is 0 Å². The Kier molecular flexibility index (Phi) is 2.81. The summed E-state index contributed by atoms with van der Waals surface area (Å²) in [6, 6.07) is 5.98. The van der Waals surface area contributed by atoms with Crippen molar-refractivity contribution in [2.45, 2.75) is 13.8 Å². The number of rotatable bonds is 2. The minimum Gasteiger partial charge on any atom is -0.253 e. The van der Waals surface area contributed by atoms with Crippen LogP contribution in [0, 0.1) is 6.92 Å². The summed E-state index contributed by atoms with van der Waals surface area (Å²) >= 11 is 0. The van der Waals surface area contributed by atoms with E-state index in [1.165, 1.54) is 0 Å². The molecule has 0 aliphatic heterocycles. The maximum absolute atomic E-state index is 4.38. The predicted molar refractivity (Wildman–Crippen MR) is 52.8 cm³/mol. The lowest BCUT2D eigenvalue weighted by Crippen LogP contribution is -1.88. The molecule has 0 aliphatic rings. The van der Waals surface area contributed by atoms with Crippen LogP contribution in [0.5, 0.6) is 0 Å². The first-order valence-electron chi connectivity index (χ1n) is 4.00. The third-order valence-electron chi connectivity index (χ3n) is 1.72. The molecule has 0 radical (unpaired) electrons. The van der Waals surface area contributed by atoms with Gasteiger partial charge in [0.25, 0.3) is 0 Å². The maximum Gasteiger partial charge on any atom is 0.0701 e. The Morgan fingerprint density at radius 2 is 2.25 bits per heavy atom. The van der Waals surface area contributed by atoms with Gasteiger partial charge in [-0.25, -0.2) is 0 Å². The predicted octanol–water partition coefficient (Wildman–Crippen LogP) is 2.98. The van der Waals surface area contributed by atoms with E-state index in [4.69, 9.17) is 0 Å². The number of aryl methyl sites for hydroxylation is 1. The first-order valence-corrected chi connectivity index (χ1v) is 4.00. The molecule has 0 aromatic carbocycles. The molecule has 0 saturated carbocycles. The highest BCUT2D eigenvalue weighted by molar-refractivity contribution is 5.70. The van der Waals surface area contributed by atoms with E-state index >= 15 is 0 Å². The molecular formula is C11H13N. The van der Waals surface area contributed by atoms with Crippen molar-refractivity contribution in [2.75, 3.05) is 0 Å². The van der Waals surface area contributed by atoms with Crippen LogP contribution >= 0.6 is 0 Å². The van der Waals surface area contributed by atoms with Crippen LogP contribution in [0.3, 0.4) is 0 Å². The first kappa shape index (κ1) is 8.72. The SMILES string of the molecule is C=C/C(=C\C)c1cccc(C)n1. The van der Waals surface area contributed by atoms with E-state index in [9.17, 15) is 0 Å². The van der Waals surface area contributed by atoms with Gasteiger partial charge in [0.1, 0.15) is 0 Å². The highest BCUT2D eigenvalue weighted by Crippen LogP contribution is 2.12. The molecule has 0 bridgehead atoms. The summed E-state index contributed by atoms with van der Waals surface area (Å²) in [5.74, 6) is 0. The molecule has 0 amide bonds. The maximum atomic E-state index is 4.38. The number of hydrogen-bond donors (Lipinski definition) is 0. The van der Waals surface area contributed by atoms with Crippen LogP contribution in [-0.4, -0.2) is 4.98 Å². The Balaban J connectivity index is 3.10. The largest absolute Gasteiger partial charge is 0.253 e. The molecular weight excluding hydrogens is 146 g/mol. The molecule has 1 heterocycles. The average Bonchev–Trinajstić information content (AvgIpc) is 2.07. The van der Waals surface area contributed by atoms with Crippen molar-refractivity contribution < 1.29 is 0 Å². The fraction of sp³-hybridized carbons (Fsp3) is 0.182. The lowest BCUT2D eigenvalue weighted by molar-refractivity contribution is 1.17. The summed E-state index contributed by atoms with van der Waals surface area (Å²) in [6.07, 6.45) is 3.83. The highest BCUT2D eigenvalue weighted by Gasteiger charge is 1.96. The van der Waals surface area contributed by atoms with Crippen molar-refractivity contribution >= 4 is 5.57 Å². The average molecular weight is 159 g/mol. The van der Waals surface area contributed by atoms with Gasteiger partial charge in [0.15, 0.2) is 0 Å². The van der Waals surface area contributed by atoms with Crippen molar-refractivity contribution in [1.82, 2.24) is 4.98 Å². The summed E-state index contributed by atoms with van der Waals surface area (Å²) in [7, 11) is 0. The van der Waals surface area contributed by atoms with E-state index in [0.29, 0.717) is 0 Å². The topological polar surface area (TPSA) is 12.9 Å². The minimum absolute atomic E-state index is 0.993. The normalized spacial score (nSPS) is 11.3. The van der Waals surface area contributed by atoms with Crippen LogP contribution in [0.2, 0.25) is 0 Å². The lowest BCUT2D eigenvalue weighted by atomic mass is 10.1. The fourth-order valence-electron chi connectivity index (χ4n) is 1.07. The quantitative estimate of drug-likeness (QED) is 0.604. The second-order valence-corrected chi connectivity index (χ2v) is 2.61. The molecule has 0 N–H and O–H groups in total. The smallest absolute Gasteiger partial charge is 0.0701 e. The summed E-state index contributed by atoms with van der Waals surface area (Å²) in [5, 5.41) is 0. The molecule has 0 saturated heterocycles. The van der Waals surface area contributed by atoms with E-state index in [1.807, 2.05) is 44.2 Å². The number of allylic oxidation sites excluding steroid dienone is 3. The Labute approximate surface area is 73.5 Å². The van der Waals surface area contributed by atoms with Crippen molar-refractivity contribution in [3.05, 3.63) is 48.3 Å². The zero-order valence-electron chi connectivity index (χ0n) is 7.54. The molecule has 0 atom stereocenters. The van der Waals surface area contributed by atoms with Crippen molar-refractivity contribution in [3.8, 4) is 0 Å². The monoisotopic (exact) mass is 159 g/mol. The minimum atomic E-state index is 0.993. The third kappa shape index (κ3) is 1.82. The van der Waals surface area contributed by atoms with Gasteiger partial charge >= 0.3 is 0 Å². The van der Waals surface area contributed by atoms with Gasteiger partial charge in [-0.2, -0.15) is 0 Å². The molecule has 0 aliphatic carbocycles. The Morgan fingerprint density at radius 3 is 2.75 bits per heavy atom. The standard InChI is InChI=1S/C11H13N/c1-4-10(5-2)11-8-6-7-9(3)12-11/h4-8H,1H2,2-3H3/b10-5+. The second-order valence-electron chi connectivity index (χ2n) is 2.61. The fourth-order valence-corrected chi connectivity index (χ4v) is 1.07. The van der Waals surface area contributed by atoms with Crippen molar-refractivity contribution in [1.29, 1.82) is 0 Å². The Hall–Kier alpha value is -1.37. The summed E-state index contributed by atoms with van der Waals surface area (Å²) in [4.78, 5) is 4.38. The number of pyridine rings is 1. The van der Waals surface area contributed by atoms with E-state index in [1.54, 1.807) is 0 Å². The first-order chi connectivity index (χ1) is 5.77. The second kappa shape index (κ2) is 3.86. The molecule has 1 rings (SSSR count). The van der Waals surface area contributed by atoms with Gasteiger partial charge in [-0.3, -0.25) is 4.98 Å². The molecule has 0 fully saturated rings. The molecule has 12 heavy (non-hydrogen) atoms. The van der Waals surface area contributed by atoms with Gasteiger partial charge in [-0.1, -0.05) is 24.8 Å². The Morgan fingerprint density at radius 1 is 1.50 bits per heavy atom. The van der Waals surface area contributed by atoms with E-state index in [0.717, 1.165) is 17.0 Å². The number of nitrogens with zero attached hydrogens (tertiary/aromatic N) is 1. The van der Waals surface area contributed by atoms with Gasteiger partial charge in [0, 0.05) is 5.69 Å². The van der Waals surface area contributed by atoms with Crippen LogP contribution in [0.25, 0.3) is 5.57 Å². The molecule has 1 nitrogen and oxygen atoms in total. The number of aromatic nitrogens is 1. The van der Waals surface area contributed by atoms with Crippen molar-refractivity contribution in [3.63, 3.8) is 0 Å². The molecule has 62 valence electrons. The van der Waals surface area contributed by atoms with Gasteiger partial charge < -0.3 is 0 Å². The molecule has 0 spiro atoms. The molecule has 1 heteroatoms. The van der Waals surface area contributed by atoms with Crippen molar-refractivity contribution in [2.24, 2.45) is 0 Å². The molecule has 1 aromatic heterocycles. The highest BCUT2D eigenvalue weighted by atomic mass is 14.7. The van der Waals surface area contributed by atoms with E-state index in [-0.39, 0.29) is 0 Å². The van der Waals surface area contributed by atoms with E-state index < -0.39 is 0 Å². The summed E-state index contributed by atoms with van der Waals surface area (Å²) in [6.45, 7) is 7.70. The van der Waals surface area contributed by atoms with Gasteiger partial charge in [-0.05, 0) is 31.6 Å². The molecule has 1 aromatic rings. The van der Waals surface area contributed by atoms with Crippen LogP contribution in [0.1, 0.15) is 18.3 Å². The summed E-state index contributed by atoms with van der Waals surface area (Å²) < 4.78 is 0. The molecule has 0 unspecified atom stereocenters. The zero-order valence-corrected chi connectivity index (χ0v) is 7.54. The van der Waals surface area contributed by atoms with Crippen LogP contribution in [-0.2, 0) is 0 Å². The van der Waals surface area contributed by atoms with Gasteiger partial charge in [-0.15, -0.1) is 0 Å². The summed E-state index contributed by atoms with van der Waals surface area (Å²) in [5.41, 5.74) is 3.11. The van der Waals surface area contributed by atoms with Crippen LogP contribution in [0.15, 0.2) is 36.9 Å². The van der Waals surface area contributed by atoms with Gasteiger partial charge in [0.2, 0.25) is 0 Å². The zero-order chi connectivity index (χ0) is 8.97. The van der Waals surface area contributed by atoms with E-state index in [2.05, 4.69) is 11.6 Å². The third-order valence-corrected chi connectivity index (χ3v) is 1.72. The lowest BCUT2D eigenvalue weighted by Gasteiger charge is -2.00. The van der Waals surface area contributed by atoms with Gasteiger partial charge in [0.05, 0.1) is 5.69 Å². The number of hydrogen-bond acceptors (Lipinski definition) is 1.